The number of ether oxygens (including phenoxy) is 1. The van der Waals surface area contributed by atoms with Crippen LogP contribution in [-0.4, -0.2) is 12.1 Å². The highest BCUT2D eigenvalue weighted by molar-refractivity contribution is 9.10. The zero-order chi connectivity index (χ0) is 8.97. The highest BCUT2D eigenvalue weighted by Gasteiger charge is 1.98. The fourth-order valence-electron chi connectivity index (χ4n) is 0.678. The van der Waals surface area contributed by atoms with Gasteiger partial charge in [-0.3, -0.25) is 4.98 Å². The van der Waals surface area contributed by atoms with Gasteiger partial charge in [-0.1, -0.05) is 0 Å². The second-order valence-corrected chi connectivity index (χ2v) is 2.96. The average Bonchev–Trinajstić information content (AvgIpc) is 2.09. The minimum Gasteiger partial charge on any atom is -0.483 e. The minimum absolute atomic E-state index is 0.502. The van der Waals surface area contributed by atoms with Crippen molar-refractivity contribution in [2.75, 3.05) is 12.4 Å². The van der Waals surface area contributed by atoms with Crippen molar-refractivity contribution in [3.8, 4) is 0 Å². The largest absolute Gasteiger partial charge is 0.483 e. The molecule has 0 saturated carbocycles. The zero-order valence-electron chi connectivity index (χ0n) is 6.67. The van der Waals surface area contributed by atoms with Gasteiger partial charge in [-0.2, -0.15) is 0 Å². The molecule has 3 nitrogen and oxygen atoms in total. The third-order valence-corrected chi connectivity index (χ3v) is 1.92. The summed E-state index contributed by atoms with van der Waals surface area (Å²) in [5.41, 5.74) is 0.886. The number of anilines is 1. The van der Waals surface area contributed by atoms with E-state index in [9.17, 15) is 0 Å². The lowest BCUT2D eigenvalue weighted by molar-refractivity contribution is 0.299. The number of halogens is 1. The van der Waals surface area contributed by atoms with Crippen LogP contribution in [0.5, 0.6) is 0 Å². The van der Waals surface area contributed by atoms with E-state index in [1.807, 2.05) is 6.07 Å². The molecule has 0 aromatic carbocycles. The van der Waals surface area contributed by atoms with Crippen LogP contribution in [0, 0.1) is 0 Å². The maximum absolute atomic E-state index is 4.86. The van der Waals surface area contributed by atoms with E-state index >= 15 is 0 Å². The number of methoxy groups -OCH3 is 1. The summed E-state index contributed by atoms with van der Waals surface area (Å²) in [6, 6.07) is 1.83. The van der Waals surface area contributed by atoms with E-state index in [4.69, 9.17) is 4.74 Å². The lowest BCUT2D eigenvalue weighted by atomic mass is 10.4. The van der Waals surface area contributed by atoms with Crippen molar-refractivity contribution in [1.29, 1.82) is 0 Å². The first-order valence-corrected chi connectivity index (χ1v) is 4.12. The van der Waals surface area contributed by atoms with Crippen LogP contribution in [0.1, 0.15) is 0 Å². The molecular formula is C8H9BrN2O. The normalized spacial score (nSPS) is 9.17. The maximum Gasteiger partial charge on any atom is 0.183 e. The van der Waals surface area contributed by atoms with Gasteiger partial charge in [-0.05, 0) is 28.6 Å². The molecule has 0 fully saturated rings. The van der Waals surface area contributed by atoms with Crippen LogP contribution in [0.15, 0.2) is 35.4 Å². The van der Waals surface area contributed by atoms with Crippen molar-refractivity contribution in [3.05, 3.63) is 35.4 Å². The standard InChI is InChI=1S/C8H9BrN2O/c1-6(12-2)11-8-3-4-10-5-7(8)9/h3-5H,1H2,2H3,(H,10,11). The summed E-state index contributed by atoms with van der Waals surface area (Å²) in [5, 5.41) is 2.96. The Morgan fingerprint density at radius 1 is 1.75 bits per heavy atom. The number of nitrogens with one attached hydrogen (secondary N) is 1. The molecule has 0 unspecified atom stereocenters. The van der Waals surface area contributed by atoms with Crippen molar-refractivity contribution in [2.45, 2.75) is 0 Å². The highest BCUT2D eigenvalue weighted by Crippen LogP contribution is 2.20. The Bertz CT molecular complexity index is 288. The number of hydrogen-bond donors (Lipinski definition) is 1. The number of pyridine rings is 1. The van der Waals surface area contributed by atoms with E-state index in [0.717, 1.165) is 10.2 Å². The molecule has 64 valence electrons. The lowest BCUT2D eigenvalue weighted by Gasteiger charge is -2.08. The van der Waals surface area contributed by atoms with Gasteiger partial charge in [-0.15, -0.1) is 0 Å². The predicted molar refractivity (Wildman–Crippen MR) is 51.7 cm³/mol. The Morgan fingerprint density at radius 2 is 2.50 bits per heavy atom. The van der Waals surface area contributed by atoms with Gasteiger partial charge in [0.1, 0.15) is 0 Å². The molecule has 1 aromatic rings. The first kappa shape index (κ1) is 9.06. The molecule has 0 bridgehead atoms. The van der Waals surface area contributed by atoms with Gasteiger partial charge < -0.3 is 10.1 Å². The molecule has 0 aliphatic heterocycles. The zero-order valence-corrected chi connectivity index (χ0v) is 8.26. The Balaban J connectivity index is 2.75. The molecule has 1 rings (SSSR count). The molecule has 0 amide bonds. The summed E-state index contributed by atoms with van der Waals surface area (Å²) < 4.78 is 5.74. The summed E-state index contributed by atoms with van der Waals surface area (Å²) in [5.74, 6) is 0.502. The van der Waals surface area contributed by atoms with E-state index < -0.39 is 0 Å². The molecule has 1 aromatic heterocycles. The fourth-order valence-corrected chi connectivity index (χ4v) is 1.03. The van der Waals surface area contributed by atoms with Gasteiger partial charge in [-0.25, -0.2) is 0 Å². The van der Waals surface area contributed by atoms with Crippen molar-refractivity contribution in [3.63, 3.8) is 0 Å². The molecule has 0 aliphatic carbocycles. The minimum atomic E-state index is 0.502. The van der Waals surface area contributed by atoms with E-state index in [1.54, 1.807) is 19.5 Å². The van der Waals surface area contributed by atoms with Crippen molar-refractivity contribution in [1.82, 2.24) is 4.98 Å². The van der Waals surface area contributed by atoms with Gasteiger partial charge in [0.15, 0.2) is 5.88 Å². The number of aromatic nitrogens is 1. The molecule has 0 atom stereocenters. The average molecular weight is 229 g/mol. The molecule has 1 N–H and O–H groups in total. The van der Waals surface area contributed by atoms with Crippen molar-refractivity contribution >= 4 is 21.6 Å². The number of rotatable bonds is 3. The van der Waals surface area contributed by atoms with Crippen LogP contribution in [0.3, 0.4) is 0 Å². The fraction of sp³-hybridized carbons (Fsp3) is 0.125. The van der Waals surface area contributed by atoms with Crippen LogP contribution in [0.25, 0.3) is 0 Å². The summed E-state index contributed by atoms with van der Waals surface area (Å²) >= 11 is 3.33. The summed E-state index contributed by atoms with van der Waals surface area (Å²) in [7, 11) is 1.56. The van der Waals surface area contributed by atoms with Crippen LogP contribution in [0.4, 0.5) is 5.69 Å². The van der Waals surface area contributed by atoms with Crippen molar-refractivity contribution < 1.29 is 4.74 Å². The Morgan fingerprint density at radius 3 is 3.08 bits per heavy atom. The van der Waals surface area contributed by atoms with Crippen molar-refractivity contribution in [2.24, 2.45) is 0 Å². The molecule has 0 radical (unpaired) electrons. The Labute approximate surface area is 79.6 Å². The summed E-state index contributed by atoms with van der Waals surface area (Å²) in [6.07, 6.45) is 3.39. The second-order valence-electron chi connectivity index (χ2n) is 2.11. The van der Waals surface area contributed by atoms with Crippen LogP contribution < -0.4 is 5.32 Å². The molecule has 12 heavy (non-hydrogen) atoms. The molecule has 4 heteroatoms. The topological polar surface area (TPSA) is 34.2 Å². The lowest BCUT2D eigenvalue weighted by Crippen LogP contribution is -2.00. The van der Waals surface area contributed by atoms with Gasteiger partial charge >= 0.3 is 0 Å². The van der Waals surface area contributed by atoms with E-state index in [1.165, 1.54) is 0 Å². The number of nitrogens with zero attached hydrogens (tertiary/aromatic N) is 1. The first-order valence-electron chi connectivity index (χ1n) is 3.33. The second kappa shape index (κ2) is 4.11. The third kappa shape index (κ3) is 2.23. The maximum atomic E-state index is 4.86. The van der Waals surface area contributed by atoms with E-state index in [-0.39, 0.29) is 0 Å². The van der Waals surface area contributed by atoms with Gasteiger partial charge in [0.25, 0.3) is 0 Å². The van der Waals surface area contributed by atoms with Crippen LogP contribution >= 0.6 is 15.9 Å². The first-order chi connectivity index (χ1) is 5.74. The Hall–Kier alpha value is -1.03. The summed E-state index contributed by atoms with van der Waals surface area (Å²) in [6.45, 7) is 3.64. The van der Waals surface area contributed by atoms with Gasteiger partial charge in [0.2, 0.25) is 0 Å². The quantitative estimate of drug-likeness (QED) is 0.808. The van der Waals surface area contributed by atoms with Gasteiger partial charge in [0, 0.05) is 12.4 Å². The molecule has 0 spiro atoms. The molecule has 0 saturated heterocycles. The Kier molecular flexibility index (Phi) is 3.10. The van der Waals surface area contributed by atoms with Gasteiger partial charge in [0.05, 0.1) is 17.3 Å². The van der Waals surface area contributed by atoms with Crippen LogP contribution in [0.2, 0.25) is 0 Å². The smallest absolute Gasteiger partial charge is 0.183 e. The SMILES string of the molecule is C=C(Nc1ccncc1Br)OC. The monoisotopic (exact) mass is 228 g/mol. The predicted octanol–water partition coefficient (Wildman–Crippen LogP) is 2.37. The molecule has 1 heterocycles. The molecular weight excluding hydrogens is 220 g/mol. The highest BCUT2D eigenvalue weighted by atomic mass is 79.9. The van der Waals surface area contributed by atoms with Crippen LogP contribution in [-0.2, 0) is 4.74 Å². The van der Waals surface area contributed by atoms with E-state index in [0.29, 0.717) is 5.88 Å². The number of hydrogen-bond acceptors (Lipinski definition) is 3. The van der Waals surface area contributed by atoms with E-state index in [2.05, 4.69) is 32.8 Å². The molecule has 0 aliphatic rings. The summed E-state index contributed by atoms with van der Waals surface area (Å²) in [4.78, 5) is 3.92. The third-order valence-electron chi connectivity index (χ3n) is 1.29.